The molecule has 8 heteroatoms. The fraction of sp³-hybridized carbons (Fsp3) is 0.0625. The summed E-state index contributed by atoms with van der Waals surface area (Å²) < 4.78 is 64.9. The fourth-order valence-corrected chi connectivity index (χ4v) is 2.60. The van der Waals surface area contributed by atoms with Crippen molar-refractivity contribution < 1.29 is 25.8 Å². The molecule has 0 fully saturated rings. The van der Waals surface area contributed by atoms with E-state index < -0.39 is 21.4 Å². The standard InChI is InChI=1S/C16H10F3NO3S/c17-16(18,19)24(21,22)23-15-10-14(11-6-2-1-3-7-11)20-13-9-5-4-8-12(13)15/h1-10H. The normalized spacial score (nSPS) is 12.3. The first-order valence-corrected chi connectivity index (χ1v) is 8.15. The molecule has 0 amide bonds. The predicted molar refractivity (Wildman–Crippen MR) is 82.8 cm³/mol. The van der Waals surface area contributed by atoms with E-state index in [9.17, 15) is 21.6 Å². The van der Waals surface area contributed by atoms with E-state index in [-0.39, 0.29) is 5.39 Å². The summed E-state index contributed by atoms with van der Waals surface area (Å²) in [7, 11) is -5.77. The van der Waals surface area contributed by atoms with Crippen LogP contribution >= 0.6 is 0 Å². The van der Waals surface area contributed by atoms with Crippen LogP contribution in [0.3, 0.4) is 0 Å². The lowest BCUT2D eigenvalue weighted by atomic mass is 10.1. The number of hydrogen-bond acceptors (Lipinski definition) is 4. The molecule has 0 saturated carbocycles. The Kier molecular flexibility index (Phi) is 3.92. The maximum Gasteiger partial charge on any atom is 0.534 e. The first-order chi connectivity index (χ1) is 11.3. The number of halogens is 3. The maximum atomic E-state index is 12.6. The highest BCUT2D eigenvalue weighted by molar-refractivity contribution is 7.88. The van der Waals surface area contributed by atoms with Crippen LogP contribution in [0.1, 0.15) is 0 Å². The number of pyridine rings is 1. The first-order valence-electron chi connectivity index (χ1n) is 6.74. The summed E-state index contributed by atoms with van der Waals surface area (Å²) in [6.07, 6.45) is 0. The van der Waals surface area contributed by atoms with Gasteiger partial charge in [0, 0.05) is 17.0 Å². The smallest absolute Gasteiger partial charge is 0.375 e. The molecule has 1 aromatic heterocycles. The van der Waals surface area contributed by atoms with Crippen LogP contribution in [0.5, 0.6) is 5.75 Å². The van der Waals surface area contributed by atoms with Crippen LogP contribution in [0, 0.1) is 0 Å². The lowest BCUT2D eigenvalue weighted by Gasteiger charge is -2.13. The molecule has 0 aliphatic carbocycles. The van der Waals surface area contributed by atoms with Gasteiger partial charge < -0.3 is 4.18 Å². The molecular weight excluding hydrogens is 343 g/mol. The van der Waals surface area contributed by atoms with Crippen LogP contribution in [0.15, 0.2) is 60.7 Å². The van der Waals surface area contributed by atoms with Gasteiger partial charge in [-0.1, -0.05) is 42.5 Å². The summed E-state index contributed by atoms with van der Waals surface area (Å²) >= 11 is 0. The van der Waals surface area contributed by atoms with Crippen molar-refractivity contribution in [2.45, 2.75) is 5.51 Å². The minimum Gasteiger partial charge on any atom is -0.375 e. The van der Waals surface area contributed by atoms with E-state index in [2.05, 4.69) is 9.17 Å². The Bertz CT molecular complexity index is 986. The third kappa shape index (κ3) is 3.05. The van der Waals surface area contributed by atoms with Crippen LogP contribution in [-0.2, 0) is 10.1 Å². The molecule has 3 rings (SSSR count). The quantitative estimate of drug-likeness (QED) is 0.525. The highest BCUT2D eigenvalue weighted by atomic mass is 32.2. The Balaban J connectivity index is 2.19. The van der Waals surface area contributed by atoms with Crippen molar-refractivity contribution in [2.75, 3.05) is 0 Å². The molecule has 0 aliphatic heterocycles. The Labute approximate surface area is 135 Å². The first kappa shape index (κ1) is 16.3. The van der Waals surface area contributed by atoms with Crippen molar-refractivity contribution in [3.8, 4) is 17.0 Å². The second-order valence-electron chi connectivity index (χ2n) is 4.87. The average Bonchev–Trinajstić information content (AvgIpc) is 2.54. The largest absolute Gasteiger partial charge is 0.534 e. The van der Waals surface area contributed by atoms with Crippen molar-refractivity contribution in [3.63, 3.8) is 0 Å². The molecule has 0 radical (unpaired) electrons. The number of rotatable bonds is 3. The number of aromatic nitrogens is 1. The molecule has 0 spiro atoms. The molecule has 24 heavy (non-hydrogen) atoms. The fourth-order valence-electron chi connectivity index (χ4n) is 2.13. The topological polar surface area (TPSA) is 56.3 Å². The molecule has 3 aromatic rings. The Morgan fingerprint density at radius 1 is 0.917 bits per heavy atom. The molecule has 0 N–H and O–H groups in total. The van der Waals surface area contributed by atoms with Crippen LogP contribution in [-0.4, -0.2) is 18.9 Å². The minimum atomic E-state index is -5.77. The Morgan fingerprint density at radius 3 is 2.21 bits per heavy atom. The Morgan fingerprint density at radius 2 is 1.54 bits per heavy atom. The van der Waals surface area contributed by atoms with Gasteiger partial charge in [-0.3, -0.25) is 0 Å². The predicted octanol–water partition coefficient (Wildman–Crippen LogP) is 4.13. The minimum absolute atomic E-state index is 0.171. The second-order valence-corrected chi connectivity index (χ2v) is 6.41. The van der Waals surface area contributed by atoms with Gasteiger partial charge in [0.15, 0.2) is 5.75 Å². The molecule has 2 aromatic carbocycles. The van der Waals surface area contributed by atoms with Gasteiger partial charge in [0.05, 0.1) is 11.2 Å². The number of fused-ring (bicyclic) bond motifs is 1. The Hall–Kier alpha value is -2.61. The van der Waals surface area contributed by atoms with E-state index in [1.165, 1.54) is 12.1 Å². The lowest BCUT2D eigenvalue weighted by molar-refractivity contribution is -0.0499. The number of nitrogens with zero attached hydrogens (tertiary/aromatic N) is 1. The molecule has 1 heterocycles. The molecular formula is C16H10F3NO3S. The van der Waals surface area contributed by atoms with Crippen molar-refractivity contribution in [1.82, 2.24) is 4.98 Å². The summed E-state index contributed by atoms with van der Waals surface area (Å²) in [5.41, 5.74) is -4.25. The van der Waals surface area contributed by atoms with Gasteiger partial charge in [0.2, 0.25) is 0 Å². The van der Waals surface area contributed by atoms with Crippen molar-refractivity contribution in [1.29, 1.82) is 0 Å². The van der Waals surface area contributed by atoms with E-state index in [1.807, 2.05) is 0 Å². The van der Waals surface area contributed by atoms with Gasteiger partial charge >= 0.3 is 15.6 Å². The number of hydrogen-bond donors (Lipinski definition) is 0. The molecule has 0 atom stereocenters. The number of para-hydroxylation sites is 1. The van der Waals surface area contributed by atoms with Gasteiger partial charge in [-0.15, -0.1) is 0 Å². The van der Waals surface area contributed by atoms with Crippen LogP contribution in [0.25, 0.3) is 22.2 Å². The van der Waals surface area contributed by atoms with E-state index in [0.29, 0.717) is 16.8 Å². The molecule has 124 valence electrons. The number of alkyl halides is 3. The zero-order valence-electron chi connectivity index (χ0n) is 12.0. The molecule has 0 aliphatic rings. The van der Waals surface area contributed by atoms with Crippen LogP contribution in [0.4, 0.5) is 13.2 Å². The summed E-state index contributed by atoms with van der Waals surface area (Å²) in [6, 6.07) is 16.0. The van der Waals surface area contributed by atoms with Crippen LogP contribution < -0.4 is 4.18 Å². The van der Waals surface area contributed by atoms with E-state index in [4.69, 9.17) is 0 Å². The van der Waals surface area contributed by atoms with Crippen molar-refractivity contribution >= 4 is 21.0 Å². The van der Waals surface area contributed by atoms with Gasteiger partial charge in [-0.05, 0) is 12.1 Å². The summed E-state index contributed by atoms with van der Waals surface area (Å²) in [6.45, 7) is 0. The molecule has 0 unspecified atom stereocenters. The lowest BCUT2D eigenvalue weighted by Crippen LogP contribution is -2.28. The van der Waals surface area contributed by atoms with Crippen LogP contribution in [0.2, 0.25) is 0 Å². The highest BCUT2D eigenvalue weighted by Gasteiger charge is 2.48. The summed E-state index contributed by atoms with van der Waals surface area (Å²) in [5.74, 6) is -0.420. The van der Waals surface area contributed by atoms with Gasteiger partial charge in [-0.2, -0.15) is 21.6 Å². The maximum absolute atomic E-state index is 12.6. The summed E-state index contributed by atoms with van der Waals surface area (Å²) in [4.78, 5) is 4.34. The van der Waals surface area contributed by atoms with Gasteiger partial charge in [0.1, 0.15) is 0 Å². The summed E-state index contributed by atoms with van der Waals surface area (Å²) in [5, 5.41) is 0.171. The van der Waals surface area contributed by atoms with Gasteiger partial charge in [0.25, 0.3) is 0 Å². The van der Waals surface area contributed by atoms with E-state index in [0.717, 1.165) is 0 Å². The van der Waals surface area contributed by atoms with E-state index >= 15 is 0 Å². The van der Waals surface area contributed by atoms with Gasteiger partial charge in [-0.25, -0.2) is 4.98 Å². The molecule has 0 saturated heterocycles. The number of benzene rings is 2. The average molecular weight is 353 g/mol. The zero-order chi connectivity index (χ0) is 17.4. The SMILES string of the molecule is O=S(=O)(Oc1cc(-c2ccccc2)nc2ccccc12)C(F)(F)F. The third-order valence-corrected chi connectivity index (χ3v) is 4.20. The zero-order valence-corrected chi connectivity index (χ0v) is 12.8. The third-order valence-electron chi connectivity index (χ3n) is 3.23. The monoisotopic (exact) mass is 353 g/mol. The van der Waals surface area contributed by atoms with E-state index in [1.54, 1.807) is 48.5 Å². The van der Waals surface area contributed by atoms with Crippen molar-refractivity contribution in [2.24, 2.45) is 0 Å². The molecule has 0 bridgehead atoms. The van der Waals surface area contributed by atoms with Crippen molar-refractivity contribution in [3.05, 3.63) is 60.7 Å². The molecule has 4 nitrogen and oxygen atoms in total. The highest BCUT2D eigenvalue weighted by Crippen LogP contribution is 2.34. The second kappa shape index (κ2) is 5.79.